The Kier molecular flexibility index (Phi) is 4.77. The minimum atomic E-state index is -3.26. The number of hydrogen-bond acceptors (Lipinski definition) is 3. The second kappa shape index (κ2) is 4.91. The number of nitrogens with two attached hydrogens (primary N) is 1. The van der Waals surface area contributed by atoms with E-state index in [1.807, 2.05) is 20.8 Å². The van der Waals surface area contributed by atoms with Gasteiger partial charge in [-0.1, -0.05) is 6.08 Å². The van der Waals surface area contributed by atoms with Gasteiger partial charge in [0.1, 0.15) is 0 Å². The van der Waals surface area contributed by atoms with Gasteiger partial charge in [-0.15, -0.1) is 6.58 Å². The third-order valence-corrected chi connectivity index (χ3v) is 3.87. The first-order chi connectivity index (χ1) is 6.25. The Morgan fingerprint density at radius 1 is 1.43 bits per heavy atom. The van der Waals surface area contributed by atoms with Crippen LogP contribution in [0, 0.1) is 0 Å². The molecule has 0 aromatic heterocycles. The van der Waals surface area contributed by atoms with Crippen molar-refractivity contribution in [2.45, 2.75) is 26.3 Å². The van der Waals surface area contributed by atoms with Gasteiger partial charge in [-0.2, -0.15) is 4.31 Å². The summed E-state index contributed by atoms with van der Waals surface area (Å²) in [5.41, 5.74) is 4.83. The molecule has 0 aromatic carbocycles. The van der Waals surface area contributed by atoms with Crippen molar-refractivity contribution in [3.8, 4) is 0 Å². The van der Waals surface area contributed by atoms with E-state index in [0.29, 0.717) is 6.54 Å². The zero-order valence-electron chi connectivity index (χ0n) is 9.16. The molecule has 0 aliphatic heterocycles. The lowest BCUT2D eigenvalue weighted by atomic mass is 10.1. The summed E-state index contributed by atoms with van der Waals surface area (Å²) in [4.78, 5) is 0. The third-order valence-electron chi connectivity index (χ3n) is 1.75. The smallest absolute Gasteiger partial charge is 0.216 e. The van der Waals surface area contributed by atoms with Crippen LogP contribution in [0.25, 0.3) is 0 Å². The standard InChI is InChI=1S/C9H20N2O2S/c1-5-7-11(9(2,3)4)14(12,13)8-6-10/h5H,1,6-8,10H2,2-4H3. The van der Waals surface area contributed by atoms with Gasteiger partial charge in [0.25, 0.3) is 0 Å². The summed E-state index contributed by atoms with van der Waals surface area (Å²) in [5, 5.41) is 0. The molecule has 0 aliphatic rings. The zero-order valence-corrected chi connectivity index (χ0v) is 9.97. The molecule has 0 aliphatic carbocycles. The van der Waals surface area contributed by atoms with Crippen LogP contribution < -0.4 is 5.73 Å². The lowest BCUT2D eigenvalue weighted by Crippen LogP contribution is -2.47. The second-order valence-corrected chi connectivity index (χ2v) is 6.11. The topological polar surface area (TPSA) is 63.4 Å². The molecule has 0 unspecified atom stereocenters. The van der Waals surface area contributed by atoms with Crippen molar-refractivity contribution in [2.75, 3.05) is 18.8 Å². The van der Waals surface area contributed by atoms with E-state index in [-0.39, 0.29) is 12.3 Å². The van der Waals surface area contributed by atoms with Gasteiger partial charge in [-0.3, -0.25) is 0 Å². The Morgan fingerprint density at radius 2 is 1.93 bits per heavy atom. The van der Waals surface area contributed by atoms with E-state index < -0.39 is 15.6 Å². The number of rotatable bonds is 5. The molecule has 0 saturated heterocycles. The van der Waals surface area contributed by atoms with Crippen LogP contribution in [0.5, 0.6) is 0 Å². The average molecular weight is 220 g/mol. The van der Waals surface area contributed by atoms with E-state index in [1.165, 1.54) is 4.31 Å². The quantitative estimate of drug-likeness (QED) is 0.689. The van der Waals surface area contributed by atoms with E-state index in [2.05, 4.69) is 6.58 Å². The highest BCUT2D eigenvalue weighted by Crippen LogP contribution is 2.17. The van der Waals surface area contributed by atoms with Crippen LogP contribution in [0.4, 0.5) is 0 Å². The van der Waals surface area contributed by atoms with Crippen LogP contribution in [0.1, 0.15) is 20.8 Å². The molecule has 5 heteroatoms. The molecule has 0 radical (unpaired) electrons. The molecule has 0 heterocycles. The Morgan fingerprint density at radius 3 is 2.21 bits per heavy atom. The van der Waals surface area contributed by atoms with Crippen molar-refractivity contribution >= 4 is 10.0 Å². The van der Waals surface area contributed by atoms with E-state index in [4.69, 9.17) is 5.73 Å². The SMILES string of the molecule is C=CCN(C(C)(C)C)S(=O)(=O)CCN. The van der Waals surface area contributed by atoms with Crippen LogP contribution in [-0.2, 0) is 10.0 Å². The molecule has 0 atom stereocenters. The first kappa shape index (κ1) is 13.6. The molecular formula is C9H20N2O2S. The van der Waals surface area contributed by atoms with Gasteiger partial charge in [0, 0.05) is 18.6 Å². The van der Waals surface area contributed by atoms with Crippen molar-refractivity contribution < 1.29 is 8.42 Å². The molecule has 14 heavy (non-hydrogen) atoms. The van der Waals surface area contributed by atoms with Crippen LogP contribution in [0.3, 0.4) is 0 Å². The molecule has 0 bridgehead atoms. The maximum atomic E-state index is 11.8. The summed E-state index contributed by atoms with van der Waals surface area (Å²) in [7, 11) is -3.26. The van der Waals surface area contributed by atoms with Crippen LogP contribution in [0.15, 0.2) is 12.7 Å². The summed E-state index contributed by atoms with van der Waals surface area (Å²) in [6, 6.07) is 0. The molecule has 0 saturated carbocycles. The predicted molar refractivity (Wildman–Crippen MR) is 59.5 cm³/mol. The largest absolute Gasteiger partial charge is 0.329 e. The predicted octanol–water partition coefficient (Wildman–Crippen LogP) is 0.561. The van der Waals surface area contributed by atoms with E-state index in [1.54, 1.807) is 6.08 Å². The fraction of sp³-hybridized carbons (Fsp3) is 0.778. The van der Waals surface area contributed by atoms with E-state index >= 15 is 0 Å². The van der Waals surface area contributed by atoms with Crippen LogP contribution in [0.2, 0.25) is 0 Å². The maximum absolute atomic E-state index is 11.8. The van der Waals surface area contributed by atoms with Crippen molar-refractivity contribution in [1.29, 1.82) is 0 Å². The summed E-state index contributed by atoms with van der Waals surface area (Å²) in [6.07, 6.45) is 1.58. The van der Waals surface area contributed by atoms with Crippen LogP contribution >= 0.6 is 0 Å². The van der Waals surface area contributed by atoms with Gasteiger partial charge in [0.2, 0.25) is 10.0 Å². The summed E-state index contributed by atoms with van der Waals surface area (Å²) >= 11 is 0. The normalized spacial score (nSPS) is 13.2. The Hall–Kier alpha value is -0.390. The Bertz CT molecular complexity index is 278. The highest BCUT2D eigenvalue weighted by atomic mass is 32.2. The highest BCUT2D eigenvalue weighted by Gasteiger charge is 2.30. The van der Waals surface area contributed by atoms with Gasteiger partial charge < -0.3 is 5.73 Å². The third kappa shape index (κ3) is 3.77. The molecule has 0 fully saturated rings. The van der Waals surface area contributed by atoms with Gasteiger partial charge in [-0.25, -0.2) is 8.42 Å². The Balaban J connectivity index is 4.92. The lowest BCUT2D eigenvalue weighted by molar-refractivity contribution is 0.270. The molecule has 0 aromatic rings. The summed E-state index contributed by atoms with van der Waals surface area (Å²) in [5.74, 6) is -0.0158. The fourth-order valence-electron chi connectivity index (χ4n) is 1.18. The number of nitrogens with zero attached hydrogens (tertiary/aromatic N) is 1. The number of hydrogen-bond donors (Lipinski definition) is 1. The van der Waals surface area contributed by atoms with Crippen molar-refractivity contribution in [2.24, 2.45) is 5.73 Å². The molecule has 0 rings (SSSR count). The van der Waals surface area contributed by atoms with Gasteiger partial charge >= 0.3 is 0 Å². The Labute approximate surface area is 86.8 Å². The maximum Gasteiger partial charge on any atom is 0.216 e. The summed E-state index contributed by atoms with van der Waals surface area (Å²) < 4.78 is 24.9. The zero-order chi connectivity index (χ0) is 11.4. The molecule has 0 amide bonds. The van der Waals surface area contributed by atoms with Crippen molar-refractivity contribution in [3.63, 3.8) is 0 Å². The number of sulfonamides is 1. The lowest BCUT2D eigenvalue weighted by Gasteiger charge is -2.33. The molecular weight excluding hydrogens is 200 g/mol. The van der Waals surface area contributed by atoms with Gasteiger partial charge in [-0.05, 0) is 20.8 Å². The first-order valence-electron chi connectivity index (χ1n) is 4.57. The summed E-state index contributed by atoms with van der Waals surface area (Å²) in [6.45, 7) is 9.58. The second-order valence-electron chi connectivity index (χ2n) is 4.10. The van der Waals surface area contributed by atoms with Crippen molar-refractivity contribution in [1.82, 2.24) is 4.31 Å². The monoisotopic (exact) mass is 220 g/mol. The molecule has 84 valence electrons. The average Bonchev–Trinajstić information content (AvgIpc) is 1.97. The van der Waals surface area contributed by atoms with Gasteiger partial charge in [0.05, 0.1) is 5.75 Å². The highest BCUT2D eigenvalue weighted by molar-refractivity contribution is 7.89. The first-order valence-corrected chi connectivity index (χ1v) is 6.18. The minimum Gasteiger partial charge on any atom is -0.329 e. The molecule has 2 N–H and O–H groups in total. The van der Waals surface area contributed by atoms with E-state index in [0.717, 1.165) is 0 Å². The van der Waals surface area contributed by atoms with Crippen LogP contribution in [-0.4, -0.2) is 37.1 Å². The van der Waals surface area contributed by atoms with Crippen molar-refractivity contribution in [3.05, 3.63) is 12.7 Å². The van der Waals surface area contributed by atoms with E-state index in [9.17, 15) is 8.42 Å². The van der Waals surface area contributed by atoms with Gasteiger partial charge in [0.15, 0.2) is 0 Å². The fourth-order valence-corrected chi connectivity index (χ4v) is 2.87. The molecule has 0 spiro atoms. The minimum absolute atomic E-state index is 0.0158. The molecule has 4 nitrogen and oxygen atoms in total.